The lowest BCUT2D eigenvalue weighted by Crippen LogP contribution is -2.42. The van der Waals surface area contributed by atoms with Gasteiger partial charge in [-0.05, 0) is 11.6 Å². The Morgan fingerprint density at radius 2 is 2.22 bits per heavy atom. The molecular formula is C17H19N3O3. The fourth-order valence-corrected chi connectivity index (χ4v) is 3.34. The van der Waals surface area contributed by atoms with Crippen LogP contribution in [-0.2, 0) is 28.7 Å². The normalized spacial score (nSPS) is 25.8. The fourth-order valence-electron chi connectivity index (χ4n) is 3.34. The number of aromatic nitrogens is 2. The average Bonchev–Trinajstić information content (AvgIpc) is 3.16. The van der Waals surface area contributed by atoms with E-state index in [1.807, 2.05) is 48.1 Å². The van der Waals surface area contributed by atoms with E-state index in [0.29, 0.717) is 19.7 Å². The molecule has 2 aliphatic heterocycles. The highest BCUT2D eigenvalue weighted by Gasteiger charge is 2.62. The Morgan fingerprint density at radius 1 is 1.39 bits per heavy atom. The lowest BCUT2D eigenvalue weighted by molar-refractivity contribution is 0.0893. The summed E-state index contributed by atoms with van der Waals surface area (Å²) in [5.74, 6) is 0. The SMILES string of the molecule is Cn1nccc1[C@]12CCN(C(=O)OCc3ccccc3)C[C@H]1O2. The van der Waals surface area contributed by atoms with Gasteiger partial charge in [-0.25, -0.2) is 4.79 Å². The number of epoxide rings is 1. The minimum atomic E-state index is -0.275. The first-order valence-corrected chi connectivity index (χ1v) is 7.81. The minimum Gasteiger partial charge on any atom is -0.445 e. The van der Waals surface area contributed by atoms with Crippen LogP contribution in [-0.4, -0.2) is 40.0 Å². The number of amides is 1. The van der Waals surface area contributed by atoms with Gasteiger partial charge < -0.3 is 14.4 Å². The highest BCUT2D eigenvalue weighted by Crippen LogP contribution is 2.51. The van der Waals surface area contributed by atoms with E-state index in [0.717, 1.165) is 17.7 Å². The smallest absolute Gasteiger partial charge is 0.410 e. The Labute approximate surface area is 134 Å². The molecule has 0 N–H and O–H groups in total. The molecule has 0 bridgehead atoms. The van der Waals surface area contributed by atoms with Gasteiger partial charge in [0.05, 0.1) is 12.2 Å². The Morgan fingerprint density at radius 3 is 2.91 bits per heavy atom. The van der Waals surface area contributed by atoms with Crippen LogP contribution in [0.1, 0.15) is 17.7 Å². The topological polar surface area (TPSA) is 59.9 Å². The van der Waals surface area contributed by atoms with Crippen LogP contribution in [0.3, 0.4) is 0 Å². The van der Waals surface area contributed by atoms with Crippen molar-refractivity contribution in [2.75, 3.05) is 13.1 Å². The number of piperidine rings is 1. The molecule has 0 saturated carbocycles. The third-order valence-electron chi connectivity index (χ3n) is 4.67. The first-order valence-electron chi connectivity index (χ1n) is 7.81. The number of likely N-dealkylation sites (tertiary alicyclic amines) is 1. The van der Waals surface area contributed by atoms with Crippen molar-refractivity contribution < 1.29 is 14.3 Å². The van der Waals surface area contributed by atoms with E-state index in [9.17, 15) is 4.79 Å². The van der Waals surface area contributed by atoms with E-state index < -0.39 is 0 Å². The third-order valence-corrected chi connectivity index (χ3v) is 4.67. The minimum absolute atomic E-state index is 0.0379. The number of benzene rings is 1. The molecule has 0 radical (unpaired) electrons. The van der Waals surface area contributed by atoms with E-state index in [2.05, 4.69) is 5.10 Å². The second-order valence-corrected chi connectivity index (χ2v) is 6.07. The summed E-state index contributed by atoms with van der Waals surface area (Å²) < 4.78 is 13.2. The van der Waals surface area contributed by atoms with Crippen molar-refractivity contribution in [3.63, 3.8) is 0 Å². The molecule has 1 aromatic carbocycles. The van der Waals surface area contributed by atoms with Gasteiger partial charge in [0, 0.05) is 26.2 Å². The lowest BCUT2D eigenvalue weighted by atomic mass is 9.93. The maximum absolute atomic E-state index is 12.2. The standard InChI is InChI=1S/C17H19N3O3/c1-19-14(7-9-18-19)17-8-10-20(11-15(17)23-17)16(21)22-12-13-5-3-2-4-6-13/h2-7,9,15H,8,10-12H2,1H3/t15-,17-/m1/s1. The van der Waals surface area contributed by atoms with E-state index in [1.54, 1.807) is 11.1 Å². The number of carbonyl (C=O) groups is 1. The van der Waals surface area contributed by atoms with Gasteiger partial charge in [0.15, 0.2) is 0 Å². The zero-order chi connectivity index (χ0) is 15.9. The molecule has 6 nitrogen and oxygen atoms in total. The van der Waals surface area contributed by atoms with Crippen molar-refractivity contribution in [1.29, 1.82) is 0 Å². The number of fused-ring (bicyclic) bond motifs is 1. The molecule has 2 aliphatic rings. The predicted molar refractivity (Wildman–Crippen MR) is 82.6 cm³/mol. The lowest BCUT2D eigenvalue weighted by Gasteiger charge is -2.27. The van der Waals surface area contributed by atoms with E-state index in [4.69, 9.17) is 9.47 Å². The highest BCUT2D eigenvalue weighted by atomic mass is 16.6. The molecule has 3 heterocycles. The molecular weight excluding hydrogens is 294 g/mol. The average molecular weight is 313 g/mol. The van der Waals surface area contributed by atoms with Crippen molar-refractivity contribution in [3.05, 3.63) is 53.9 Å². The summed E-state index contributed by atoms with van der Waals surface area (Å²) in [7, 11) is 1.92. The van der Waals surface area contributed by atoms with Gasteiger partial charge >= 0.3 is 6.09 Å². The Bertz CT molecular complexity index is 715. The molecule has 4 rings (SSSR count). The molecule has 2 aromatic rings. The van der Waals surface area contributed by atoms with Crippen LogP contribution in [0.2, 0.25) is 0 Å². The quantitative estimate of drug-likeness (QED) is 0.814. The number of aryl methyl sites for hydroxylation is 1. The van der Waals surface area contributed by atoms with Crippen LogP contribution in [0.15, 0.2) is 42.6 Å². The largest absolute Gasteiger partial charge is 0.445 e. The molecule has 1 aromatic heterocycles. The molecule has 120 valence electrons. The number of rotatable bonds is 3. The molecule has 0 spiro atoms. The molecule has 1 amide bonds. The zero-order valence-corrected chi connectivity index (χ0v) is 13.0. The van der Waals surface area contributed by atoms with Crippen molar-refractivity contribution >= 4 is 6.09 Å². The fraction of sp³-hybridized carbons (Fsp3) is 0.412. The number of nitrogens with zero attached hydrogens (tertiary/aromatic N) is 3. The van der Waals surface area contributed by atoms with Crippen LogP contribution >= 0.6 is 0 Å². The third kappa shape index (κ3) is 2.49. The monoisotopic (exact) mass is 313 g/mol. The van der Waals surface area contributed by atoms with Gasteiger partial charge in [0.25, 0.3) is 0 Å². The van der Waals surface area contributed by atoms with Crippen molar-refractivity contribution in [2.24, 2.45) is 7.05 Å². The molecule has 2 atom stereocenters. The molecule has 6 heteroatoms. The summed E-state index contributed by atoms with van der Waals surface area (Å²) in [6.45, 7) is 1.50. The summed E-state index contributed by atoms with van der Waals surface area (Å²) in [6.07, 6.45) is 2.32. The maximum atomic E-state index is 12.2. The van der Waals surface area contributed by atoms with Gasteiger partial charge in [0.2, 0.25) is 0 Å². The summed E-state index contributed by atoms with van der Waals surface area (Å²) in [5.41, 5.74) is 1.81. The molecule has 23 heavy (non-hydrogen) atoms. The van der Waals surface area contributed by atoms with E-state index in [1.165, 1.54) is 0 Å². The Balaban J connectivity index is 1.35. The zero-order valence-electron chi connectivity index (χ0n) is 13.0. The van der Waals surface area contributed by atoms with Crippen molar-refractivity contribution in [3.8, 4) is 0 Å². The summed E-state index contributed by atoms with van der Waals surface area (Å²) in [6, 6.07) is 11.7. The highest BCUT2D eigenvalue weighted by molar-refractivity contribution is 5.68. The van der Waals surface area contributed by atoms with Crippen LogP contribution in [0, 0.1) is 0 Å². The van der Waals surface area contributed by atoms with Crippen LogP contribution in [0.4, 0.5) is 4.79 Å². The predicted octanol–water partition coefficient (Wildman–Crippen LogP) is 2.06. The molecule has 2 saturated heterocycles. The molecule has 0 aliphatic carbocycles. The van der Waals surface area contributed by atoms with Gasteiger partial charge in [-0.15, -0.1) is 0 Å². The van der Waals surface area contributed by atoms with E-state index in [-0.39, 0.29) is 17.8 Å². The first-order chi connectivity index (χ1) is 11.2. The van der Waals surface area contributed by atoms with Gasteiger partial charge in [-0.2, -0.15) is 5.10 Å². The summed E-state index contributed by atoms with van der Waals surface area (Å²) >= 11 is 0. The van der Waals surface area contributed by atoms with Gasteiger partial charge in [0.1, 0.15) is 18.3 Å². The Kier molecular flexibility index (Phi) is 3.34. The molecule has 0 unspecified atom stereocenters. The van der Waals surface area contributed by atoms with Crippen LogP contribution in [0.5, 0.6) is 0 Å². The van der Waals surface area contributed by atoms with Crippen LogP contribution < -0.4 is 0 Å². The Hall–Kier alpha value is -2.34. The van der Waals surface area contributed by atoms with Crippen LogP contribution in [0.25, 0.3) is 0 Å². The number of carbonyl (C=O) groups excluding carboxylic acids is 1. The number of ether oxygens (including phenoxy) is 2. The summed E-state index contributed by atoms with van der Waals surface area (Å²) in [4.78, 5) is 14.0. The second-order valence-electron chi connectivity index (χ2n) is 6.07. The number of hydrogen-bond donors (Lipinski definition) is 0. The number of hydrogen-bond acceptors (Lipinski definition) is 4. The maximum Gasteiger partial charge on any atom is 0.410 e. The van der Waals surface area contributed by atoms with Gasteiger partial charge in [-0.1, -0.05) is 30.3 Å². The van der Waals surface area contributed by atoms with Crippen molar-refractivity contribution in [2.45, 2.75) is 24.7 Å². The first kappa shape index (κ1) is 14.3. The van der Waals surface area contributed by atoms with E-state index >= 15 is 0 Å². The molecule has 2 fully saturated rings. The second kappa shape index (κ2) is 5.38. The summed E-state index contributed by atoms with van der Waals surface area (Å²) in [5, 5.41) is 4.21. The van der Waals surface area contributed by atoms with Gasteiger partial charge in [-0.3, -0.25) is 4.68 Å². The van der Waals surface area contributed by atoms with Crippen molar-refractivity contribution in [1.82, 2.24) is 14.7 Å².